The molecule has 1 spiro atoms. The molecule has 7 heteroatoms. The van der Waals surface area contributed by atoms with Gasteiger partial charge in [-0.25, -0.2) is 0 Å². The zero-order valence-corrected chi connectivity index (χ0v) is 15.1. The largest absolute Gasteiger partial charge is 0.377 e. The van der Waals surface area contributed by atoms with Gasteiger partial charge in [0, 0.05) is 26.2 Å². The van der Waals surface area contributed by atoms with Crippen molar-refractivity contribution in [1.29, 1.82) is 0 Å². The summed E-state index contributed by atoms with van der Waals surface area (Å²) in [5.74, 6) is 1.59. The predicted molar refractivity (Wildman–Crippen MR) is 90.5 cm³/mol. The Morgan fingerprint density at radius 2 is 2.08 bits per heavy atom. The molecule has 0 N–H and O–H groups in total. The molecule has 1 amide bonds. The molecule has 1 saturated carbocycles. The van der Waals surface area contributed by atoms with Crippen molar-refractivity contribution >= 4 is 5.91 Å². The van der Waals surface area contributed by atoms with Crippen LogP contribution >= 0.6 is 0 Å². The van der Waals surface area contributed by atoms with Gasteiger partial charge in [0.15, 0.2) is 5.82 Å². The Bertz CT molecular complexity index is 613. The molecule has 0 unspecified atom stereocenters. The summed E-state index contributed by atoms with van der Waals surface area (Å²) in [7, 11) is 1.62. The minimum atomic E-state index is -0.184. The summed E-state index contributed by atoms with van der Waals surface area (Å²) in [5.41, 5.74) is -0.184. The summed E-state index contributed by atoms with van der Waals surface area (Å²) in [6.45, 7) is 3.68. The standard InChI is InChI=1S/C18H28N4O3/c1-24-12-15-19-16(25-20-15)11-21-10-8-18(13-21)7-4-9-22(17(18)23)14-5-2-3-6-14/h14H,2-13H2,1H3/t18-/m0/s1. The van der Waals surface area contributed by atoms with E-state index in [9.17, 15) is 4.79 Å². The quantitative estimate of drug-likeness (QED) is 0.810. The molecule has 1 atom stereocenters. The molecule has 2 saturated heterocycles. The molecule has 3 aliphatic rings. The van der Waals surface area contributed by atoms with Crippen LogP contribution in [0.3, 0.4) is 0 Å². The van der Waals surface area contributed by atoms with Crippen LogP contribution in [0.1, 0.15) is 56.7 Å². The molecule has 3 fully saturated rings. The molecule has 1 aromatic heterocycles. The molecule has 1 aromatic rings. The first-order valence-electron chi connectivity index (χ1n) is 9.54. The van der Waals surface area contributed by atoms with E-state index >= 15 is 0 Å². The first-order valence-corrected chi connectivity index (χ1v) is 9.54. The number of likely N-dealkylation sites (tertiary alicyclic amines) is 2. The smallest absolute Gasteiger partial charge is 0.240 e. The number of carbonyl (C=O) groups excluding carboxylic acids is 1. The maximum Gasteiger partial charge on any atom is 0.240 e. The van der Waals surface area contributed by atoms with E-state index in [1.807, 2.05) is 0 Å². The minimum Gasteiger partial charge on any atom is -0.377 e. The van der Waals surface area contributed by atoms with Crippen LogP contribution in [0.5, 0.6) is 0 Å². The van der Waals surface area contributed by atoms with E-state index in [1.165, 1.54) is 25.7 Å². The number of nitrogens with zero attached hydrogens (tertiary/aromatic N) is 4. The van der Waals surface area contributed by atoms with Gasteiger partial charge >= 0.3 is 0 Å². The first kappa shape index (κ1) is 17.0. The van der Waals surface area contributed by atoms with Crippen LogP contribution in [-0.4, -0.2) is 58.6 Å². The number of carbonyl (C=O) groups is 1. The Hall–Kier alpha value is -1.47. The Balaban J connectivity index is 1.40. The van der Waals surface area contributed by atoms with E-state index in [1.54, 1.807) is 7.11 Å². The van der Waals surface area contributed by atoms with Crippen LogP contribution in [-0.2, 0) is 22.7 Å². The van der Waals surface area contributed by atoms with Crippen LogP contribution in [0.4, 0.5) is 0 Å². The molecule has 0 bridgehead atoms. The zero-order valence-electron chi connectivity index (χ0n) is 15.1. The van der Waals surface area contributed by atoms with Crippen LogP contribution in [0.25, 0.3) is 0 Å². The number of rotatable bonds is 5. The highest BCUT2D eigenvalue weighted by Gasteiger charge is 2.49. The highest BCUT2D eigenvalue weighted by molar-refractivity contribution is 5.84. The first-order chi connectivity index (χ1) is 12.2. The summed E-state index contributed by atoms with van der Waals surface area (Å²) in [6.07, 6.45) is 8.03. The molecule has 3 heterocycles. The van der Waals surface area contributed by atoms with Gasteiger partial charge in [-0.3, -0.25) is 9.69 Å². The third kappa shape index (κ3) is 3.31. The summed E-state index contributed by atoms with van der Waals surface area (Å²) in [5, 5.41) is 3.92. The van der Waals surface area contributed by atoms with E-state index in [0.29, 0.717) is 36.8 Å². The summed E-state index contributed by atoms with van der Waals surface area (Å²) in [4.78, 5) is 22.1. The Kier molecular flexibility index (Phi) is 4.78. The maximum atomic E-state index is 13.3. The number of hydrogen-bond donors (Lipinski definition) is 0. The molecule has 2 aliphatic heterocycles. The van der Waals surface area contributed by atoms with Gasteiger partial charge in [-0.1, -0.05) is 18.0 Å². The third-order valence-corrected chi connectivity index (χ3v) is 6.11. The maximum absolute atomic E-state index is 13.3. The van der Waals surface area contributed by atoms with Crippen molar-refractivity contribution < 1.29 is 14.1 Å². The number of amides is 1. The lowest BCUT2D eigenvalue weighted by Gasteiger charge is -2.42. The number of methoxy groups -OCH3 is 1. The molecule has 138 valence electrons. The lowest BCUT2D eigenvalue weighted by Crippen LogP contribution is -2.53. The second kappa shape index (κ2) is 7.03. The Morgan fingerprint density at radius 3 is 2.88 bits per heavy atom. The predicted octanol–water partition coefficient (Wildman–Crippen LogP) is 1.97. The van der Waals surface area contributed by atoms with Crippen LogP contribution in [0.15, 0.2) is 4.52 Å². The van der Waals surface area contributed by atoms with E-state index < -0.39 is 0 Å². The average molecular weight is 348 g/mol. The highest BCUT2D eigenvalue weighted by atomic mass is 16.5. The summed E-state index contributed by atoms with van der Waals surface area (Å²) < 4.78 is 10.3. The van der Waals surface area contributed by atoms with Gasteiger partial charge < -0.3 is 14.2 Å². The molecule has 7 nitrogen and oxygen atoms in total. The highest BCUT2D eigenvalue weighted by Crippen LogP contribution is 2.42. The molecule has 4 rings (SSSR count). The minimum absolute atomic E-state index is 0.184. The van der Waals surface area contributed by atoms with Crippen molar-refractivity contribution in [3.05, 3.63) is 11.7 Å². The van der Waals surface area contributed by atoms with Crippen molar-refractivity contribution in [2.75, 3.05) is 26.7 Å². The number of ether oxygens (including phenoxy) is 1. The fourth-order valence-electron chi connectivity index (χ4n) is 4.87. The number of aromatic nitrogens is 2. The molecule has 0 radical (unpaired) electrons. The van der Waals surface area contributed by atoms with Crippen molar-refractivity contribution in [3.8, 4) is 0 Å². The summed E-state index contributed by atoms with van der Waals surface area (Å²) >= 11 is 0. The third-order valence-electron chi connectivity index (χ3n) is 6.11. The topological polar surface area (TPSA) is 71.7 Å². The number of hydrogen-bond acceptors (Lipinski definition) is 6. The zero-order chi connectivity index (χ0) is 17.3. The van der Waals surface area contributed by atoms with Gasteiger partial charge in [0.05, 0.1) is 12.0 Å². The molecule has 25 heavy (non-hydrogen) atoms. The van der Waals surface area contributed by atoms with Gasteiger partial charge in [0.25, 0.3) is 0 Å². The molecular weight excluding hydrogens is 320 g/mol. The molecular formula is C18H28N4O3. The molecule has 0 aromatic carbocycles. The second-order valence-corrected chi connectivity index (χ2v) is 7.82. The van der Waals surface area contributed by atoms with Crippen LogP contribution in [0, 0.1) is 5.41 Å². The fourth-order valence-corrected chi connectivity index (χ4v) is 4.87. The average Bonchev–Trinajstić information content (AvgIpc) is 3.34. The normalized spacial score (nSPS) is 28.5. The monoisotopic (exact) mass is 348 g/mol. The van der Waals surface area contributed by atoms with E-state index in [4.69, 9.17) is 9.26 Å². The van der Waals surface area contributed by atoms with Crippen molar-refractivity contribution in [2.24, 2.45) is 5.41 Å². The summed E-state index contributed by atoms with van der Waals surface area (Å²) in [6, 6.07) is 0.492. The van der Waals surface area contributed by atoms with Gasteiger partial charge in [-0.2, -0.15) is 4.98 Å². The fraction of sp³-hybridized carbons (Fsp3) is 0.833. The van der Waals surface area contributed by atoms with Gasteiger partial charge in [-0.15, -0.1) is 0 Å². The van der Waals surface area contributed by atoms with Crippen molar-refractivity contribution in [3.63, 3.8) is 0 Å². The van der Waals surface area contributed by atoms with Crippen molar-refractivity contribution in [2.45, 2.75) is 64.1 Å². The van der Waals surface area contributed by atoms with E-state index in [0.717, 1.165) is 38.9 Å². The van der Waals surface area contributed by atoms with Gasteiger partial charge in [0.2, 0.25) is 11.8 Å². The number of piperidine rings is 1. The van der Waals surface area contributed by atoms with Crippen LogP contribution < -0.4 is 0 Å². The van der Waals surface area contributed by atoms with E-state index in [-0.39, 0.29) is 5.41 Å². The second-order valence-electron chi connectivity index (χ2n) is 7.82. The van der Waals surface area contributed by atoms with Crippen LogP contribution in [0.2, 0.25) is 0 Å². The SMILES string of the molecule is COCc1noc(CN2CC[C@@]3(CCCN(C4CCCC4)C3=O)C2)n1. The Labute approximate surface area is 148 Å². The van der Waals surface area contributed by atoms with E-state index in [2.05, 4.69) is 19.9 Å². The Morgan fingerprint density at radius 1 is 1.24 bits per heavy atom. The lowest BCUT2D eigenvalue weighted by atomic mass is 9.77. The lowest BCUT2D eigenvalue weighted by molar-refractivity contribution is -0.148. The van der Waals surface area contributed by atoms with Gasteiger partial charge in [-0.05, 0) is 38.6 Å². The van der Waals surface area contributed by atoms with Crippen molar-refractivity contribution in [1.82, 2.24) is 19.9 Å². The van der Waals surface area contributed by atoms with Gasteiger partial charge in [0.1, 0.15) is 6.61 Å². The molecule has 1 aliphatic carbocycles.